The van der Waals surface area contributed by atoms with Crippen LogP contribution in [-0.4, -0.2) is 32.3 Å². The molecule has 0 atom stereocenters. The summed E-state index contributed by atoms with van der Waals surface area (Å²) in [6.07, 6.45) is 7.68. The number of hydrogen-bond acceptors (Lipinski definition) is 4. The van der Waals surface area contributed by atoms with Crippen molar-refractivity contribution in [2.45, 2.75) is 25.3 Å². The molecule has 1 aromatic carbocycles. The minimum atomic E-state index is -0.242. The predicted octanol–water partition coefficient (Wildman–Crippen LogP) is 2.81. The molecule has 0 bridgehead atoms. The topological polar surface area (TPSA) is 84.8 Å². The maximum Gasteiger partial charge on any atom is 0.276 e. The molecule has 0 unspecified atom stereocenters. The highest BCUT2D eigenvalue weighted by molar-refractivity contribution is 6.03. The molecule has 0 spiro atoms. The molecule has 1 aliphatic rings. The Kier molecular flexibility index (Phi) is 4.20. The van der Waals surface area contributed by atoms with Crippen molar-refractivity contribution in [1.82, 2.24) is 19.7 Å². The molecule has 0 radical (unpaired) electrons. The van der Waals surface area contributed by atoms with Gasteiger partial charge in [-0.2, -0.15) is 5.10 Å². The number of hydrogen-bond donors (Lipinski definition) is 2. The zero-order chi connectivity index (χ0) is 17.1. The minimum Gasteiger partial charge on any atom is -0.490 e. The van der Waals surface area contributed by atoms with E-state index >= 15 is 0 Å². The van der Waals surface area contributed by atoms with E-state index in [9.17, 15) is 4.79 Å². The second kappa shape index (κ2) is 6.80. The fraction of sp³-hybridized carbons (Fsp3) is 0.278. The Morgan fingerprint density at radius 3 is 3.04 bits per heavy atom. The van der Waals surface area contributed by atoms with Crippen molar-refractivity contribution in [3.05, 3.63) is 60.4 Å². The molecule has 7 nitrogen and oxygen atoms in total. The zero-order valence-corrected chi connectivity index (χ0v) is 13.7. The van der Waals surface area contributed by atoms with Crippen LogP contribution in [0.3, 0.4) is 0 Å². The van der Waals surface area contributed by atoms with Crippen molar-refractivity contribution in [3.63, 3.8) is 0 Å². The summed E-state index contributed by atoms with van der Waals surface area (Å²) in [5.74, 6) is 0.926. The SMILES string of the molecule is O=C(Nc1ccccc1OCCn1ccnc1)c1cc(C2CC2)[nH]n1. The smallest absolute Gasteiger partial charge is 0.276 e. The highest BCUT2D eigenvalue weighted by Crippen LogP contribution is 2.39. The van der Waals surface area contributed by atoms with Gasteiger partial charge in [0.25, 0.3) is 5.91 Å². The third kappa shape index (κ3) is 3.71. The summed E-state index contributed by atoms with van der Waals surface area (Å²) in [6.45, 7) is 1.17. The molecule has 2 N–H and O–H groups in total. The molecule has 1 amide bonds. The molecule has 1 fully saturated rings. The highest BCUT2D eigenvalue weighted by atomic mass is 16.5. The van der Waals surface area contributed by atoms with E-state index in [1.54, 1.807) is 12.5 Å². The lowest BCUT2D eigenvalue weighted by molar-refractivity contribution is 0.102. The molecular weight excluding hydrogens is 318 g/mol. The number of aromatic amines is 1. The van der Waals surface area contributed by atoms with Crippen LogP contribution in [0, 0.1) is 0 Å². The van der Waals surface area contributed by atoms with E-state index in [-0.39, 0.29) is 5.91 Å². The van der Waals surface area contributed by atoms with E-state index < -0.39 is 0 Å². The molecule has 2 aromatic heterocycles. The summed E-state index contributed by atoms with van der Waals surface area (Å²) in [5.41, 5.74) is 2.07. The van der Waals surface area contributed by atoms with Gasteiger partial charge < -0.3 is 14.6 Å². The van der Waals surface area contributed by atoms with Gasteiger partial charge in [-0.25, -0.2) is 4.98 Å². The van der Waals surface area contributed by atoms with Gasteiger partial charge in [0.15, 0.2) is 5.69 Å². The number of benzene rings is 1. The molecule has 7 heteroatoms. The normalized spacial score (nSPS) is 13.6. The number of nitrogens with zero attached hydrogens (tertiary/aromatic N) is 3. The van der Waals surface area contributed by atoms with E-state index in [0.29, 0.717) is 36.2 Å². The van der Waals surface area contributed by atoms with Crippen molar-refractivity contribution in [3.8, 4) is 5.75 Å². The number of para-hydroxylation sites is 2. The number of amides is 1. The summed E-state index contributed by atoms with van der Waals surface area (Å²) in [5, 5.41) is 9.94. The van der Waals surface area contributed by atoms with E-state index in [2.05, 4.69) is 20.5 Å². The van der Waals surface area contributed by atoms with E-state index in [0.717, 1.165) is 18.5 Å². The number of rotatable bonds is 7. The number of anilines is 1. The van der Waals surface area contributed by atoms with Crippen molar-refractivity contribution < 1.29 is 9.53 Å². The Bertz CT molecular complexity index is 852. The van der Waals surface area contributed by atoms with Gasteiger partial charge in [-0.1, -0.05) is 12.1 Å². The maximum atomic E-state index is 12.4. The largest absolute Gasteiger partial charge is 0.490 e. The van der Waals surface area contributed by atoms with Gasteiger partial charge in [-0.05, 0) is 31.0 Å². The van der Waals surface area contributed by atoms with Crippen LogP contribution in [0.1, 0.15) is 34.9 Å². The molecule has 2 heterocycles. The number of imidazole rings is 1. The van der Waals surface area contributed by atoms with Crippen LogP contribution in [0.5, 0.6) is 5.75 Å². The number of carbonyl (C=O) groups is 1. The van der Waals surface area contributed by atoms with Gasteiger partial charge in [0.2, 0.25) is 0 Å². The monoisotopic (exact) mass is 337 g/mol. The van der Waals surface area contributed by atoms with Crippen LogP contribution in [-0.2, 0) is 6.54 Å². The lowest BCUT2D eigenvalue weighted by Gasteiger charge is -2.12. The standard InChI is InChI=1S/C18H19N5O2/c24-18(16-11-15(21-22-16)13-5-6-13)20-14-3-1-2-4-17(14)25-10-9-23-8-7-19-12-23/h1-4,7-8,11-13H,5-6,9-10H2,(H,20,24)(H,21,22). The fourth-order valence-corrected chi connectivity index (χ4v) is 2.62. The van der Waals surface area contributed by atoms with Gasteiger partial charge in [-0.3, -0.25) is 9.89 Å². The molecule has 1 aliphatic carbocycles. The summed E-state index contributed by atoms with van der Waals surface area (Å²) in [4.78, 5) is 16.4. The highest BCUT2D eigenvalue weighted by Gasteiger charge is 2.26. The Balaban J connectivity index is 1.39. The third-order valence-corrected chi connectivity index (χ3v) is 4.15. The van der Waals surface area contributed by atoms with Gasteiger partial charge in [0.1, 0.15) is 12.4 Å². The summed E-state index contributed by atoms with van der Waals surface area (Å²) in [7, 11) is 0. The van der Waals surface area contributed by atoms with E-state index in [4.69, 9.17) is 4.74 Å². The second-order valence-corrected chi connectivity index (χ2v) is 6.08. The molecule has 3 aromatic rings. The van der Waals surface area contributed by atoms with Crippen molar-refractivity contribution in [2.75, 3.05) is 11.9 Å². The van der Waals surface area contributed by atoms with Crippen LogP contribution in [0.15, 0.2) is 49.1 Å². The summed E-state index contributed by atoms with van der Waals surface area (Å²) >= 11 is 0. The quantitative estimate of drug-likeness (QED) is 0.694. The molecule has 1 saturated carbocycles. The maximum absolute atomic E-state index is 12.4. The number of nitrogens with one attached hydrogen (secondary N) is 2. The van der Waals surface area contributed by atoms with Crippen molar-refractivity contribution in [2.24, 2.45) is 0 Å². The molecular formula is C18H19N5O2. The van der Waals surface area contributed by atoms with Crippen molar-refractivity contribution >= 4 is 11.6 Å². The van der Waals surface area contributed by atoms with E-state index in [1.165, 1.54) is 0 Å². The second-order valence-electron chi connectivity index (χ2n) is 6.08. The lowest BCUT2D eigenvalue weighted by Crippen LogP contribution is -2.14. The Hall–Kier alpha value is -3.09. The van der Waals surface area contributed by atoms with Gasteiger partial charge in [0, 0.05) is 24.0 Å². The van der Waals surface area contributed by atoms with Crippen LogP contribution in [0.4, 0.5) is 5.69 Å². The van der Waals surface area contributed by atoms with Crippen LogP contribution < -0.4 is 10.1 Å². The number of ether oxygens (including phenoxy) is 1. The van der Waals surface area contributed by atoms with Crippen molar-refractivity contribution in [1.29, 1.82) is 0 Å². The molecule has 4 rings (SSSR count). The lowest BCUT2D eigenvalue weighted by atomic mass is 10.2. The summed E-state index contributed by atoms with van der Waals surface area (Å²) in [6, 6.07) is 9.22. The fourth-order valence-electron chi connectivity index (χ4n) is 2.62. The molecule has 128 valence electrons. The first-order valence-corrected chi connectivity index (χ1v) is 8.34. The Morgan fingerprint density at radius 2 is 2.24 bits per heavy atom. The number of carbonyl (C=O) groups excluding carboxylic acids is 1. The zero-order valence-electron chi connectivity index (χ0n) is 13.7. The van der Waals surface area contributed by atoms with E-state index in [1.807, 2.05) is 41.1 Å². The molecule has 0 aliphatic heterocycles. The summed E-state index contributed by atoms with van der Waals surface area (Å²) < 4.78 is 7.74. The van der Waals surface area contributed by atoms with Crippen LogP contribution in [0.2, 0.25) is 0 Å². The van der Waals surface area contributed by atoms with Crippen LogP contribution in [0.25, 0.3) is 0 Å². The first kappa shape index (κ1) is 15.4. The Morgan fingerprint density at radius 1 is 1.36 bits per heavy atom. The first-order valence-electron chi connectivity index (χ1n) is 8.34. The number of H-pyrrole nitrogens is 1. The number of aromatic nitrogens is 4. The van der Waals surface area contributed by atoms with Gasteiger partial charge >= 0.3 is 0 Å². The van der Waals surface area contributed by atoms with Gasteiger partial charge in [0.05, 0.1) is 18.6 Å². The predicted molar refractivity (Wildman–Crippen MR) is 92.7 cm³/mol. The van der Waals surface area contributed by atoms with Gasteiger partial charge in [-0.15, -0.1) is 0 Å². The minimum absolute atomic E-state index is 0.242. The van der Waals surface area contributed by atoms with Crippen LogP contribution >= 0.6 is 0 Å². The average molecular weight is 337 g/mol. The first-order chi connectivity index (χ1) is 12.3. The Labute approximate surface area is 145 Å². The third-order valence-electron chi connectivity index (χ3n) is 4.15. The molecule has 0 saturated heterocycles. The molecule has 25 heavy (non-hydrogen) atoms. The average Bonchev–Trinajstić information content (AvgIpc) is 3.13.